The molecule has 0 atom stereocenters. The maximum absolute atomic E-state index is 5.53. The van der Waals surface area contributed by atoms with E-state index in [0.29, 0.717) is 18.5 Å². The van der Waals surface area contributed by atoms with E-state index in [0.717, 1.165) is 37.4 Å². The molecule has 0 spiro atoms. The van der Waals surface area contributed by atoms with Gasteiger partial charge in [0.15, 0.2) is 0 Å². The fraction of sp³-hybridized carbons (Fsp3) is 0.538. The molecule has 2 aliphatic carbocycles. The molecule has 0 radical (unpaired) electrons. The second kappa shape index (κ2) is 4.29. The van der Waals surface area contributed by atoms with E-state index in [-0.39, 0.29) is 0 Å². The lowest BCUT2D eigenvalue weighted by Gasteiger charge is -2.03. The molecule has 0 bridgehead atoms. The summed E-state index contributed by atoms with van der Waals surface area (Å²) in [4.78, 5) is 8.92. The second-order valence-electron chi connectivity index (χ2n) is 5.18. The van der Waals surface area contributed by atoms with Crippen LogP contribution in [0.5, 0.6) is 0 Å². The van der Waals surface area contributed by atoms with Crippen molar-refractivity contribution >= 4 is 6.01 Å². The number of nitrogens with zero attached hydrogens (tertiary/aromatic N) is 4. The predicted molar refractivity (Wildman–Crippen MR) is 67.7 cm³/mol. The summed E-state index contributed by atoms with van der Waals surface area (Å²) in [6.45, 7) is 0.527. The molecule has 0 saturated heterocycles. The van der Waals surface area contributed by atoms with Crippen LogP contribution in [0.15, 0.2) is 10.6 Å². The quantitative estimate of drug-likeness (QED) is 0.900. The fourth-order valence-corrected chi connectivity index (χ4v) is 2.40. The molecule has 0 unspecified atom stereocenters. The summed E-state index contributed by atoms with van der Waals surface area (Å²) in [5.74, 6) is 2.02. The van der Waals surface area contributed by atoms with Gasteiger partial charge in [-0.05, 0) is 37.7 Å². The minimum atomic E-state index is 0.464. The van der Waals surface area contributed by atoms with Crippen LogP contribution in [0.3, 0.4) is 0 Å². The number of fused-ring (bicyclic) bond motifs is 1. The Balaban J connectivity index is 1.43. The second-order valence-corrected chi connectivity index (χ2v) is 5.18. The van der Waals surface area contributed by atoms with Gasteiger partial charge in [-0.25, -0.2) is 9.97 Å². The van der Waals surface area contributed by atoms with Gasteiger partial charge in [0.1, 0.15) is 5.82 Å². The number of aryl methyl sites for hydroxylation is 2. The SMILES string of the molecule is c1nc(CNc2nnc(C3CC3)o2)nc2c1CCC2. The van der Waals surface area contributed by atoms with E-state index in [1.54, 1.807) is 0 Å². The summed E-state index contributed by atoms with van der Waals surface area (Å²) in [5.41, 5.74) is 2.48. The number of anilines is 1. The van der Waals surface area contributed by atoms with Gasteiger partial charge in [-0.3, -0.25) is 0 Å². The monoisotopic (exact) mass is 257 g/mol. The van der Waals surface area contributed by atoms with Crippen molar-refractivity contribution in [2.24, 2.45) is 0 Å². The average Bonchev–Trinajstić information content (AvgIpc) is 3.01. The van der Waals surface area contributed by atoms with Crippen LogP contribution in [0, 0.1) is 0 Å². The van der Waals surface area contributed by atoms with Crippen LogP contribution in [0.25, 0.3) is 0 Å². The number of hydrogen-bond donors (Lipinski definition) is 1. The lowest BCUT2D eigenvalue weighted by Crippen LogP contribution is -2.06. The van der Waals surface area contributed by atoms with E-state index in [9.17, 15) is 0 Å². The molecule has 2 heterocycles. The van der Waals surface area contributed by atoms with Gasteiger partial charge in [0.2, 0.25) is 5.89 Å². The highest BCUT2D eigenvalue weighted by Crippen LogP contribution is 2.39. The van der Waals surface area contributed by atoms with Gasteiger partial charge in [-0.15, -0.1) is 5.10 Å². The number of nitrogens with one attached hydrogen (secondary N) is 1. The lowest BCUT2D eigenvalue weighted by atomic mass is 10.3. The zero-order chi connectivity index (χ0) is 12.7. The molecule has 0 amide bonds. The van der Waals surface area contributed by atoms with Crippen molar-refractivity contribution in [1.82, 2.24) is 20.2 Å². The molecule has 0 aliphatic heterocycles. The van der Waals surface area contributed by atoms with E-state index in [1.165, 1.54) is 17.7 Å². The molecule has 6 nitrogen and oxygen atoms in total. The highest BCUT2D eigenvalue weighted by Gasteiger charge is 2.29. The number of rotatable bonds is 4. The predicted octanol–water partition coefficient (Wildman–Crippen LogP) is 1.84. The Kier molecular flexibility index (Phi) is 2.46. The minimum Gasteiger partial charge on any atom is -0.408 e. The van der Waals surface area contributed by atoms with Crippen molar-refractivity contribution < 1.29 is 4.42 Å². The number of aromatic nitrogens is 4. The van der Waals surface area contributed by atoms with Gasteiger partial charge in [0.25, 0.3) is 0 Å². The first-order valence-electron chi connectivity index (χ1n) is 6.79. The number of hydrogen-bond acceptors (Lipinski definition) is 6. The van der Waals surface area contributed by atoms with E-state index in [2.05, 4.69) is 25.5 Å². The smallest absolute Gasteiger partial charge is 0.315 e. The average molecular weight is 257 g/mol. The third-order valence-electron chi connectivity index (χ3n) is 3.63. The van der Waals surface area contributed by atoms with Gasteiger partial charge in [-0.1, -0.05) is 5.10 Å². The van der Waals surface area contributed by atoms with Crippen LogP contribution >= 0.6 is 0 Å². The molecule has 1 fully saturated rings. The van der Waals surface area contributed by atoms with Crippen LogP contribution in [0.1, 0.15) is 48.2 Å². The highest BCUT2D eigenvalue weighted by atomic mass is 16.4. The molecule has 1 N–H and O–H groups in total. The summed E-state index contributed by atoms with van der Waals surface area (Å²) >= 11 is 0. The zero-order valence-electron chi connectivity index (χ0n) is 10.6. The van der Waals surface area contributed by atoms with Gasteiger partial charge >= 0.3 is 6.01 Å². The summed E-state index contributed by atoms with van der Waals surface area (Å²) in [6.07, 6.45) is 7.63. The molecule has 1 saturated carbocycles. The van der Waals surface area contributed by atoms with Gasteiger partial charge in [-0.2, -0.15) is 0 Å². The molecule has 98 valence electrons. The fourth-order valence-electron chi connectivity index (χ4n) is 2.40. The normalized spacial score (nSPS) is 17.5. The topological polar surface area (TPSA) is 76.7 Å². The molecule has 19 heavy (non-hydrogen) atoms. The van der Waals surface area contributed by atoms with Crippen molar-refractivity contribution in [2.75, 3.05) is 5.32 Å². The Morgan fingerprint density at radius 2 is 2.21 bits per heavy atom. The van der Waals surface area contributed by atoms with Crippen molar-refractivity contribution in [2.45, 2.75) is 44.6 Å². The Labute approximate surface area is 110 Å². The zero-order valence-corrected chi connectivity index (χ0v) is 10.6. The summed E-state index contributed by atoms with van der Waals surface area (Å²) in [5, 5.41) is 11.1. The van der Waals surface area contributed by atoms with Crippen LogP contribution in [0.2, 0.25) is 0 Å². The summed E-state index contributed by atoms with van der Waals surface area (Å²) in [6, 6.07) is 0.464. The van der Waals surface area contributed by atoms with E-state index in [1.807, 2.05) is 6.20 Å². The Morgan fingerprint density at radius 1 is 1.26 bits per heavy atom. The molecular weight excluding hydrogens is 242 g/mol. The largest absolute Gasteiger partial charge is 0.408 e. The molecule has 0 aromatic carbocycles. The summed E-state index contributed by atoms with van der Waals surface area (Å²) < 4.78 is 5.53. The molecule has 2 aromatic heterocycles. The maximum atomic E-state index is 5.53. The van der Waals surface area contributed by atoms with Gasteiger partial charge in [0, 0.05) is 17.8 Å². The maximum Gasteiger partial charge on any atom is 0.315 e. The van der Waals surface area contributed by atoms with Crippen molar-refractivity contribution in [3.63, 3.8) is 0 Å². The van der Waals surface area contributed by atoms with Crippen LogP contribution < -0.4 is 5.32 Å². The molecular formula is C13H15N5O. The van der Waals surface area contributed by atoms with Crippen molar-refractivity contribution in [3.05, 3.63) is 29.2 Å². The first-order chi connectivity index (χ1) is 9.38. The molecule has 6 heteroatoms. The van der Waals surface area contributed by atoms with Crippen LogP contribution in [-0.4, -0.2) is 20.2 Å². The Hall–Kier alpha value is -1.98. The first-order valence-corrected chi connectivity index (χ1v) is 6.79. The Morgan fingerprint density at radius 3 is 3.11 bits per heavy atom. The van der Waals surface area contributed by atoms with Crippen molar-refractivity contribution in [1.29, 1.82) is 0 Å². The van der Waals surface area contributed by atoms with E-state index in [4.69, 9.17) is 4.42 Å². The molecule has 4 rings (SSSR count). The third kappa shape index (κ3) is 2.18. The minimum absolute atomic E-state index is 0.464. The van der Waals surface area contributed by atoms with Crippen molar-refractivity contribution in [3.8, 4) is 0 Å². The van der Waals surface area contributed by atoms with E-state index < -0.39 is 0 Å². The van der Waals surface area contributed by atoms with Crippen LogP contribution in [-0.2, 0) is 19.4 Å². The standard InChI is InChI=1S/C13H15N5O/c1-2-9-6-14-11(16-10(9)3-1)7-15-13-18-17-12(19-13)8-4-5-8/h6,8H,1-5,7H2,(H,15,18). The Bertz CT molecular complexity index is 605. The van der Waals surface area contributed by atoms with Gasteiger partial charge < -0.3 is 9.73 Å². The molecule has 2 aliphatic rings. The summed E-state index contributed by atoms with van der Waals surface area (Å²) in [7, 11) is 0. The van der Waals surface area contributed by atoms with Crippen LogP contribution in [0.4, 0.5) is 6.01 Å². The van der Waals surface area contributed by atoms with Gasteiger partial charge in [0.05, 0.1) is 6.54 Å². The lowest BCUT2D eigenvalue weighted by molar-refractivity contribution is 0.506. The third-order valence-corrected chi connectivity index (χ3v) is 3.63. The molecule has 2 aromatic rings. The highest BCUT2D eigenvalue weighted by molar-refractivity contribution is 5.24. The van der Waals surface area contributed by atoms with E-state index >= 15 is 0 Å². The first kappa shape index (κ1) is 10.9.